The van der Waals surface area contributed by atoms with Crippen LogP contribution in [0.3, 0.4) is 0 Å². The smallest absolute Gasteiger partial charge is 0.293 e. The molecule has 0 aliphatic rings. The molecule has 0 atom stereocenters. The first-order chi connectivity index (χ1) is 13.9. The molecular formula is C18H25N7O4S. The van der Waals surface area contributed by atoms with E-state index in [2.05, 4.69) is 14.9 Å². The number of aromatic nitrogens is 2. The number of sulfonamides is 1. The van der Waals surface area contributed by atoms with Gasteiger partial charge in [-0.05, 0) is 45.7 Å². The zero-order valence-corrected chi connectivity index (χ0v) is 18.1. The third-order valence-electron chi connectivity index (χ3n) is 4.21. The Labute approximate surface area is 175 Å². The van der Waals surface area contributed by atoms with Crippen molar-refractivity contribution in [1.29, 1.82) is 5.26 Å². The summed E-state index contributed by atoms with van der Waals surface area (Å²) in [4.78, 5) is 12.5. The van der Waals surface area contributed by atoms with Crippen LogP contribution in [0.2, 0.25) is 0 Å². The average Bonchev–Trinajstić information content (AvgIpc) is 2.98. The lowest BCUT2D eigenvalue weighted by Crippen LogP contribution is -2.40. The standard InChI is InChI=1S/C18H25N7O4S/c1-18(2,3)23-30(28,29)12-7-8-15(16(10-12)25(26)27)24(4)9-5-6-14-13(11-19)17(20)22-21-14/h7-8,10,23H,5-6,9H2,1-4H3,(H3,20,21,22). The Balaban J connectivity index is 2.20. The van der Waals surface area contributed by atoms with Gasteiger partial charge in [0.25, 0.3) is 5.69 Å². The summed E-state index contributed by atoms with van der Waals surface area (Å²) >= 11 is 0. The summed E-state index contributed by atoms with van der Waals surface area (Å²) in [7, 11) is -2.22. The molecule has 0 amide bonds. The van der Waals surface area contributed by atoms with Crippen molar-refractivity contribution in [1.82, 2.24) is 14.9 Å². The molecule has 30 heavy (non-hydrogen) atoms. The van der Waals surface area contributed by atoms with Gasteiger partial charge in [0, 0.05) is 25.2 Å². The van der Waals surface area contributed by atoms with E-state index in [1.165, 1.54) is 12.1 Å². The molecule has 4 N–H and O–H groups in total. The molecule has 2 rings (SSSR count). The van der Waals surface area contributed by atoms with Crippen LogP contribution in [0, 0.1) is 21.4 Å². The zero-order chi connectivity index (χ0) is 22.7. The molecule has 0 spiro atoms. The monoisotopic (exact) mass is 435 g/mol. The van der Waals surface area contributed by atoms with Crippen molar-refractivity contribution in [2.24, 2.45) is 0 Å². The summed E-state index contributed by atoms with van der Waals surface area (Å²) < 4.78 is 27.5. The van der Waals surface area contributed by atoms with Gasteiger partial charge in [-0.3, -0.25) is 15.2 Å². The minimum atomic E-state index is -3.90. The number of benzene rings is 1. The Bertz CT molecular complexity index is 1080. The predicted octanol–water partition coefficient (Wildman–Crippen LogP) is 1.92. The van der Waals surface area contributed by atoms with Gasteiger partial charge in [-0.2, -0.15) is 10.4 Å². The van der Waals surface area contributed by atoms with Crippen LogP contribution in [0.1, 0.15) is 38.4 Å². The molecular weight excluding hydrogens is 410 g/mol. The first kappa shape index (κ1) is 23.1. The van der Waals surface area contributed by atoms with Crippen LogP contribution in [-0.2, 0) is 16.4 Å². The lowest BCUT2D eigenvalue weighted by molar-refractivity contribution is -0.384. The number of hydrogen-bond donors (Lipinski definition) is 3. The number of nitro groups is 1. The number of hydrogen-bond acceptors (Lipinski definition) is 8. The lowest BCUT2D eigenvalue weighted by atomic mass is 10.1. The molecule has 0 saturated carbocycles. The molecule has 0 unspecified atom stereocenters. The number of aromatic amines is 1. The quantitative estimate of drug-likeness (QED) is 0.417. The molecule has 0 fully saturated rings. The van der Waals surface area contributed by atoms with E-state index in [-0.39, 0.29) is 16.4 Å². The van der Waals surface area contributed by atoms with Crippen LogP contribution in [0.15, 0.2) is 23.1 Å². The maximum absolute atomic E-state index is 12.5. The second-order valence-corrected chi connectivity index (χ2v) is 9.54. The number of nitro benzene ring substituents is 1. The number of aryl methyl sites for hydroxylation is 1. The van der Waals surface area contributed by atoms with Crippen molar-refractivity contribution in [3.8, 4) is 6.07 Å². The summed E-state index contributed by atoms with van der Waals surface area (Å²) in [6.45, 7) is 5.49. The molecule has 2 aromatic rings. The maximum Gasteiger partial charge on any atom is 0.293 e. The number of nitrogens with zero attached hydrogens (tertiary/aromatic N) is 4. The minimum Gasteiger partial charge on any atom is -0.381 e. The van der Waals surface area contributed by atoms with Gasteiger partial charge < -0.3 is 10.6 Å². The van der Waals surface area contributed by atoms with Crippen molar-refractivity contribution in [3.63, 3.8) is 0 Å². The van der Waals surface area contributed by atoms with Gasteiger partial charge in [0.15, 0.2) is 5.82 Å². The van der Waals surface area contributed by atoms with Gasteiger partial charge in [-0.1, -0.05) is 0 Å². The van der Waals surface area contributed by atoms with Gasteiger partial charge in [0.2, 0.25) is 10.0 Å². The second-order valence-electron chi connectivity index (χ2n) is 7.86. The molecule has 0 aliphatic heterocycles. The number of anilines is 2. The van der Waals surface area contributed by atoms with E-state index < -0.39 is 20.5 Å². The fourth-order valence-electron chi connectivity index (χ4n) is 2.91. The summed E-state index contributed by atoms with van der Waals surface area (Å²) in [6, 6.07) is 5.81. The van der Waals surface area contributed by atoms with Crippen LogP contribution >= 0.6 is 0 Å². The third kappa shape index (κ3) is 5.46. The fraction of sp³-hybridized carbons (Fsp3) is 0.444. The van der Waals surface area contributed by atoms with Gasteiger partial charge in [-0.15, -0.1) is 0 Å². The Morgan fingerprint density at radius 3 is 2.63 bits per heavy atom. The number of nitrogens with one attached hydrogen (secondary N) is 2. The fourth-order valence-corrected chi connectivity index (χ4v) is 4.35. The van der Waals surface area contributed by atoms with Crippen LogP contribution in [0.4, 0.5) is 17.2 Å². The SMILES string of the molecule is CN(CCCc1[nH]nc(N)c1C#N)c1ccc(S(=O)(=O)NC(C)(C)C)cc1[N+](=O)[O-]. The Morgan fingerprint density at radius 2 is 2.07 bits per heavy atom. The Morgan fingerprint density at radius 1 is 1.40 bits per heavy atom. The molecule has 12 heteroatoms. The average molecular weight is 436 g/mol. The first-order valence-corrected chi connectivity index (χ1v) is 10.6. The van der Waals surface area contributed by atoms with Gasteiger partial charge in [0.05, 0.1) is 15.5 Å². The highest BCUT2D eigenvalue weighted by molar-refractivity contribution is 7.89. The highest BCUT2D eigenvalue weighted by Crippen LogP contribution is 2.30. The van der Waals surface area contributed by atoms with Crippen LogP contribution in [-0.4, -0.2) is 42.7 Å². The van der Waals surface area contributed by atoms with Crippen molar-refractivity contribution in [2.45, 2.75) is 44.0 Å². The third-order valence-corrected chi connectivity index (χ3v) is 5.96. The summed E-state index contributed by atoms with van der Waals surface area (Å²) in [5, 5.41) is 27.2. The van der Waals surface area contributed by atoms with E-state index in [1.807, 2.05) is 6.07 Å². The van der Waals surface area contributed by atoms with E-state index in [9.17, 15) is 18.5 Å². The summed E-state index contributed by atoms with van der Waals surface area (Å²) in [6.07, 6.45) is 1.04. The molecule has 1 aromatic carbocycles. The van der Waals surface area contributed by atoms with E-state index in [0.29, 0.717) is 36.3 Å². The highest BCUT2D eigenvalue weighted by Gasteiger charge is 2.26. The van der Waals surface area contributed by atoms with Crippen LogP contribution < -0.4 is 15.4 Å². The number of nitriles is 1. The molecule has 162 valence electrons. The highest BCUT2D eigenvalue weighted by atomic mass is 32.2. The molecule has 1 heterocycles. The number of H-pyrrole nitrogens is 1. The van der Waals surface area contributed by atoms with Crippen molar-refractivity contribution in [2.75, 3.05) is 24.2 Å². The number of rotatable bonds is 8. The van der Waals surface area contributed by atoms with Crippen molar-refractivity contribution < 1.29 is 13.3 Å². The molecule has 0 saturated heterocycles. The van der Waals surface area contributed by atoms with E-state index in [0.717, 1.165) is 6.07 Å². The molecule has 11 nitrogen and oxygen atoms in total. The molecule has 0 aliphatic carbocycles. The van der Waals surface area contributed by atoms with Crippen molar-refractivity contribution >= 4 is 27.2 Å². The first-order valence-electron chi connectivity index (χ1n) is 9.12. The normalized spacial score (nSPS) is 11.8. The molecule has 0 radical (unpaired) electrons. The van der Waals surface area contributed by atoms with E-state index >= 15 is 0 Å². The number of nitrogens with two attached hydrogens (primary N) is 1. The van der Waals surface area contributed by atoms with Crippen LogP contribution in [0.25, 0.3) is 0 Å². The molecule has 0 bridgehead atoms. The second kappa shape index (κ2) is 8.68. The van der Waals surface area contributed by atoms with Gasteiger partial charge in [-0.25, -0.2) is 13.1 Å². The Kier molecular flexibility index (Phi) is 6.69. The maximum atomic E-state index is 12.5. The van der Waals surface area contributed by atoms with E-state index in [1.54, 1.807) is 32.7 Å². The Hall–Kier alpha value is -3.17. The summed E-state index contributed by atoms with van der Waals surface area (Å²) in [5.74, 6) is 0.136. The zero-order valence-electron chi connectivity index (χ0n) is 17.3. The largest absolute Gasteiger partial charge is 0.381 e. The topological polar surface area (TPSA) is 171 Å². The van der Waals surface area contributed by atoms with E-state index in [4.69, 9.17) is 11.0 Å². The van der Waals surface area contributed by atoms with Gasteiger partial charge >= 0.3 is 0 Å². The van der Waals surface area contributed by atoms with Gasteiger partial charge in [0.1, 0.15) is 17.3 Å². The summed E-state index contributed by atoms with van der Waals surface area (Å²) in [5.41, 5.74) is 5.77. The van der Waals surface area contributed by atoms with Crippen molar-refractivity contribution in [3.05, 3.63) is 39.6 Å². The predicted molar refractivity (Wildman–Crippen MR) is 112 cm³/mol. The number of nitrogen functional groups attached to an aromatic ring is 1. The van der Waals surface area contributed by atoms with Crippen LogP contribution in [0.5, 0.6) is 0 Å². The molecule has 1 aromatic heterocycles. The minimum absolute atomic E-state index is 0.136. The lowest BCUT2D eigenvalue weighted by Gasteiger charge is -2.22.